The molecule has 1 aromatic carbocycles. The van der Waals surface area contributed by atoms with Crippen molar-refractivity contribution >= 4 is 16.3 Å². The summed E-state index contributed by atoms with van der Waals surface area (Å²) in [5.74, 6) is 0.859. The first kappa shape index (κ1) is 14.5. The topological polar surface area (TPSA) is 64.4 Å². The monoisotopic (exact) mass is 292 g/mol. The zero-order valence-corrected chi connectivity index (χ0v) is 12.0. The number of nitrogens with one attached hydrogen (secondary N) is 1. The summed E-state index contributed by atoms with van der Waals surface area (Å²) >= 11 is 1.15. The molecule has 106 valence electrons. The lowest BCUT2D eigenvalue weighted by molar-refractivity contribution is -0.380. The van der Waals surface area contributed by atoms with Gasteiger partial charge in [-0.1, -0.05) is 23.5 Å². The maximum atomic E-state index is 10.6. The largest absolute Gasteiger partial charge is 0.492 e. The second-order valence-corrected chi connectivity index (χ2v) is 5.28. The Labute approximate surface area is 121 Å². The molecule has 0 saturated heterocycles. The van der Waals surface area contributed by atoms with E-state index >= 15 is 0 Å². The van der Waals surface area contributed by atoms with Crippen LogP contribution in [0.25, 0.3) is 0 Å². The molecule has 0 saturated carbocycles. The van der Waals surface area contributed by atoms with Crippen molar-refractivity contribution in [2.45, 2.75) is 13.5 Å². The standard InChI is InChI=1S/C14H16N2O3S/c1-11-3-2-4-13(7-11)19-6-5-15-9-12-8-14(16(17)18)20-10-12/h2-4,7-8,10,15H,5-6,9H2,1H3. The number of ether oxygens (including phenoxy) is 1. The maximum absolute atomic E-state index is 10.6. The van der Waals surface area contributed by atoms with Crippen LogP contribution >= 0.6 is 11.3 Å². The summed E-state index contributed by atoms with van der Waals surface area (Å²) in [6, 6.07) is 9.49. The van der Waals surface area contributed by atoms with E-state index in [1.807, 2.05) is 31.2 Å². The number of aryl methyl sites for hydroxylation is 1. The van der Waals surface area contributed by atoms with Crippen molar-refractivity contribution in [3.63, 3.8) is 0 Å². The van der Waals surface area contributed by atoms with E-state index in [2.05, 4.69) is 5.32 Å². The second kappa shape index (κ2) is 7.02. The van der Waals surface area contributed by atoms with Crippen LogP contribution in [0.5, 0.6) is 5.75 Å². The quantitative estimate of drug-likeness (QED) is 0.484. The van der Waals surface area contributed by atoms with Gasteiger partial charge in [0.25, 0.3) is 0 Å². The Hall–Kier alpha value is -1.92. The lowest BCUT2D eigenvalue weighted by Gasteiger charge is -2.07. The molecule has 0 fully saturated rings. The van der Waals surface area contributed by atoms with E-state index in [-0.39, 0.29) is 9.92 Å². The predicted octanol–water partition coefficient (Wildman–Crippen LogP) is 3.13. The average Bonchev–Trinajstić information content (AvgIpc) is 2.87. The Bertz CT molecular complexity index is 583. The third-order valence-electron chi connectivity index (χ3n) is 2.69. The zero-order valence-electron chi connectivity index (χ0n) is 11.2. The fourth-order valence-electron chi connectivity index (χ4n) is 1.73. The molecule has 0 atom stereocenters. The zero-order chi connectivity index (χ0) is 14.4. The minimum atomic E-state index is -0.366. The van der Waals surface area contributed by atoms with E-state index in [1.54, 1.807) is 11.4 Å². The van der Waals surface area contributed by atoms with Gasteiger partial charge in [0.1, 0.15) is 12.4 Å². The van der Waals surface area contributed by atoms with E-state index in [4.69, 9.17) is 4.74 Å². The normalized spacial score (nSPS) is 10.4. The van der Waals surface area contributed by atoms with Gasteiger partial charge in [0, 0.05) is 24.5 Å². The molecule has 0 aliphatic rings. The highest BCUT2D eigenvalue weighted by molar-refractivity contribution is 7.13. The Morgan fingerprint density at radius 1 is 1.40 bits per heavy atom. The van der Waals surface area contributed by atoms with Crippen molar-refractivity contribution < 1.29 is 9.66 Å². The fraction of sp³-hybridized carbons (Fsp3) is 0.286. The van der Waals surface area contributed by atoms with Crippen molar-refractivity contribution in [2.75, 3.05) is 13.2 Å². The molecule has 0 spiro atoms. The first-order valence-corrected chi connectivity index (χ1v) is 7.15. The molecule has 0 aliphatic carbocycles. The van der Waals surface area contributed by atoms with E-state index in [9.17, 15) is 10.1 Å². The van der Waals surface area contributed by atoms with Crippen LogP contribution in [0.15, 0.2) is 35.7 Å². The van der Waals surface area contributed by atoms with Gasteiger partial charge >= 0.3 is 5.00 Å². The highest BCUT2D eigenvalue weighted by Gasteiger charge is 2.08. The molecule has 0 radical (unpaired) electrons. The van der Waals surface area contributed by atoms with Crippen molar-refractivity contribution in [1.82, 2.24) is 5.32 Å². The molecule has 1 N–H and O–H groups in total. The molecule has 20 heavy (non-hydrogen) atoms. The van der Waals surface area contributed by atoms with Crippen LogP contribution in [-0.4, -0.2) is 18.1 Å². The van der Waals surface area contributed by atoms with Gasteiger partial charge in [0.2, 0.25) is 0 Å². The van der Waals surface area contributed by atoms with Gasteiger partial charge in [-0.2, -0.15) is 0 Å². The van der Waals surface area contributed by atoms with E-state index < -0.39 is 0 Å². The minimum Gasteiger partial charge on any atom is -0.492 e. The van der Waals surface area contributed by atoms with Crippen LogP contribution in [0.4, 0.5) is 5.00 Å². The van der Waals surface area contributed by atoms with Gasteiger partial charge < -0.3 is 10.1 Å². The first-order valence-electron chi connectivity index (χ1n) is 6.27. The molecule has 0 bridgehead atoms. The summed E-state index contributed by atoms with van der Waals surface area (Å²) in [5.41, 5.74) is 2.10. The van der Waals surface area contributed by atoms with Crippen LogP contribution in [0.1, 0.15) is 11.1 Å². The molecule has 0 unspecified atom stereocenters. The molecule has 0 aliphatic heterocycles. The van der Waals surface area contributed by atoms with Crippen LogP contribution in [0, 0.1) is 17.0 Å². The molecule has 1 aromatic heterocycles. The number of hydrogen-bond acceptors (Lipinski definition) is 5. The highest BCUT2D eigenvalue weighted by atomic mass is 32.1. The smallest absolute Gasteiger partial charge is 0.324 e. The molecule has 1 heterocycles. The van der Waals surface area contributed by atoms with Gasteiger partial charge in [0.05, 0.1) is 4.92 Å². The fourth-order valence-corrected chi connectivity index (χ4v) is 2.46. The number of nitrogens with zero attached hydrogens (tertiary/aromatic N) is 1. The molecule has 6 heteroatoms. The van der Waals surface area contributed by atoms with Crippen molar-refractivity contribution in [1.29, 1.82) is 0 Å². The SMILES string of the molecule is Cc1cccc(OCCNCc2csc([N+](=O)[O-])c2)c1. The summed E-state index contributed by atoms with van der Waals surface area (Å²) in [6.07, 6.45) is 0. The Morgan fingerprint density at radius 2 is 2.25 bits per heavy atom. The van der Waals surface area contributed by atoms with E-state index in [1.165, 1.54) is 5.56 Å². The summed E-state index contributed by atoms with van der Waals surface area (Å²) in [4.78, 5) is 10.2. The third-order valence-corrected chi connectivity index (χ3v) is 3.62. The molecule has 2 aromatic rings. The van der Waals surface area contributed by atoms with Crippen molar-refractivity contribution in [2.24, 2.45) is 0 Å². The number of hydrogen-bond donors (Lipinski definition) is 1. The molecule has 0 amide bonds. The average molecular weight is 292 g/mol. The van der Waals surface area contributed by atoms with Crippen molar-refractivity contribution in [3.8, 4) is 5.75 Å². The van der Waals surface area contributed by atoms with Gasteiger partial charge in [0.15, 0.2) is 0 Å². The van der Waals surface area contributed by atoms with Crippen LogP contribution < -0.4 is 10.1 Å². The maximum Gasteiger partial charge on any atom is 0.324 e. The van der Waals surface area contributed by atoms with Gasteiger partial charge in [-0.05, 0) is 30.2 Å². The van der Waals surface area contributed by atoms with Crippen LogP contribution in [0.2, 0.25) is 0 Å². The molecular weight excluding hydrogens is 276 g/mol. The summed E-state index contributed by atoms with van der Waals surface area (Å²) < 4.78 is 5.60. The summed E-state index contributed by atoms with van der Waals surface area (Å²) in [5, 5.41) is 15.7. The number of benzene rings is 1. The number of rotatable bonds is 7. The Morgan fingerprint density at radius 3 is 2.95 bits per heavy atom. The lowest BCUT2D eigenvalue weighted by atomic mass is 10.2. The Kier molecular flexibility index (Phi) is 5.09. The van der Waals surface area contributed by atoms with E-state index in [0.717, 1.165) is 22.6 Å². The summed E-state index contributed by atoms with van der Waals surface area (Å²) in [7, 11) is 0. The van der Waals surface area contributed by atoms with Gasteiger partial charge in [-0.3, -0.25) is 10.1 Å². The van der Waals surface area contributed by atoms with Gasteiger partial charge in [-0.15, -0.1) is 0 Å². The number of nitro groups is 1. The molecule has 2 rings (SSSR count). The third kappa shape index (κ3) is 4.32. The molecular formula is C14H16N2O3S. The van der Waals surface area contributed by atoms with E-state index in [0.29, 0.717) is 19.7 Å². The minimum absolute atomic E-state index is 0.179. The highest BCUT2D eigenvalue weighted by Crippen LogP contribution is 2.22. The predicted molar refractivity (Wildman–Crippen MR) is 79.4 cm³/mol. The summed E-state index contributed by atoms with van der Waals surface area (Å²) in [6.45, 7) is 3.89. The lowest BCUT2D eigenvalue weighted by Crippen LogP contribution is -2.20. The van der Waals surface area contributed by atoms with Gasteiger partial charge in [-0.25, -0.2) is 0 Å². The number of thiophene rings is 1. The second-order valence-electron chi connectivity index (χ2n) is 4.39. The first-order chi connectivity index (χ1) is 9.65. The van der Waals surface area contributed by atoms with Crippen LogP contribution in [-0.2, 0) is 6.54 Å². The Balaban J connectivity index is 1.67. The van der Waals surface area contributed by atoms with Crippen molar-refractivity contribution in [3.05, 3.63) is 57.0 Å². The molecule has 5 nitrogen and oxygen atoms in total. The van der Waals surface area contributed by atoms with Crippen LogP contribution in [0.3, 0.4) is 0 Å².